The zero-order chi connectivity index (χ0) is 13.8. The second-order valence-corrected chi connectivity index (χ2v) is 5.81. The Kier molecular flexibility index (Phi) is 4.80. The van der Waals surface area contributed by atoms with Gasteiger partial charge in [-0.1, -0.05) is 13.3 Å². The molecule has 0 aromatic carbocycles. The van der Waals surface area contributed by atoms with E-state index < -0.39 is 0 Å². The maximum absolute atomic E-state index is 12.4. The summed E-state index contributed by atoms with van der Waals surface area (Å²) in [6.45, 7) is 4.46. The smallest absolute Gasteiger partial charge is 0.239 e. The van der Waals surface area contributed by atoms with Gasteiger partial charge in [-0.15, -0.1) is 0 Å². The van der Waals surface area contributed by atoms with E-state index in [4.69, 9.17) is 5.73 Å². The molecule has 5 heteroatoms. The van der Waals surface area contributed by atoms with Crippen molar-refractivity contribution in [2.24, 2.45) is 17.6 Å². The molecule has 5 nitrogen and oxygen atoms in total. The molecule has 2 rings (SSSR count). The van der Waals surface area contributed by atoms with Crippen LogP contribution in [0.25, 0.3) is 0 Å². The average molecular weight is 267 g/mol. The fourth-order valence-corrected chi connectivity index (χ4v) is 3.16. The number of rotatable bonds is 3. The highest BCUT2D eigenvalue weighted by molar-refractivity contribution is 5.82. The zero-order valence-electron chi connectivity index (χ0n) is 11.7. The van der Waals surface area contributed by atoms with E-state index in [1.807, 2.05) is 4.90 Å². The topological polar surface area (TPSA) is 75.4 Å². The number of likely N-dealkylation sites (tertiary alicyclic amines) is 1. The third kappa shape index (κ3) is 3.47. The van der Waals surface area contributed by atoms with E-state index in [1.54, 1.807) is 0 Å². The van der Waals surface area contributed by atoms with Gasteiger partial charge in [0.05, 0.1) is 6.04 Å². The molecule has 19 heavy (non-hydrogen) atoms. The van der Waals surface area contributed by atoms with Gasteiger partial charge in [-0.3, -0.25) is 9.59 Å². The van der Waals surface area contributed by atoms with Crippen LogP contribution >= 0.6 is 0 Å². The number of amides is 2. The lowest BCUT2D eigenvalue weighted by Gasteiger charge is -2.36. The summed E-state index contributed by atoms with van der Waals surface area (Å²) in [4.78, 5) is 25.5. The first-order chi connectivity index (χ1) is 9.11. The normalized spacial score (nSPS) is 29.2. The van der Waals surface area contributed by atoms with Gasteiger partial charge in [0.25, 0.3) is 0 Å². The fraction of sp³-hybridized carbons (Fsp3) is 0.857. The molecule has 2 saturated heterocycles. The van der Waals surface area contributed by atoms with Crippen molar-refractivity contribution in [2.45, 2.75) is 45.1 Å². The van der Waals surface area contributed by atoms with Crippen molar-refractivity contribution in [2.75, 3.05) is 19.6 Å². The van der Waals surface area contributed by atoms with Crippen LogP contribution in [-0.2, 0) is 9.59 Å². The average Bonchev–Trinajstić information content (AvgIpc) is 2.46. The van der Waals surface area contributed by atoms with E-state index in [0.717, 1.165) is 19.4 Å². The fourth-order valence-electron chi connectivity index (χ4n) is 3.16. The summed E-state index contributed by atoms with van der Waals surface area (Å²) in [6.07, 6.45) is 4.69. The van der Waals surface area contributed by atoms with Gasteiger partial charge < -0.3 is 16.0 Å². The lowest BCUT2D eigenvalue weighted by Crippen LogP contribution is -2.52. The predicted octanol–water partition coefficient (Wildman–Crippen LogP) is 0.489. The number of carbonyl (C=O) groups excluding carboxylic acids is 2. The molecule has 0 spiro atoms. The molecule has 0 radical (unpaired) electrons. The zero-order valence-corrected chi connectivity index (χ0v) is 11.7. The number of piperidine rings is 2. The molecule has 0 aromatic heterocycles. The second-order valence-electron chi connectivity index (χ2n) is 5.81. The number of primary amides is 1. The minimum absolute atomic E-state index is 0.0242. The molecular formula is C14H25N3O2. The molecule has 3 N–H and O–H groups in total. The predicted molar refractivity (Wildman–Crippen MR) is 73.3 cm³/mol. The van der Waals surface area contributed by atoms with Crippen LogP contribution in [0.5, 0.6) is 0 Å². The molecule has 2 aliphatic heterocycles. The number of nitrogens with two attached hydrogens (primary N) is 1. The molecule has 0 aromatic rings. The van der Waals surface area contributed by atoms with Crippen molar-refractivity contribution in [1.82, 2.24) is 10.2 Å². The Bertz CT molecular complexity index is 338. The van der Waals surface area contributed by atoms with E-state index in [2.05, 4.69) is 12.2 Å². The lowest BCUT2D eigenvalue weighted by molar-refractivity contribution is -0.137. The summed E-state index contributed by atoms with van der Waals surface area (Å²) >= 11 is 0. The molecule has 2 heterocycles. The molecule has 2 unspecified atom stereocenters. The monoisotopic (exact) mass is 267 g/mol. The quantitative estimate of drug-likeness (QED) is 0.781. The molecule has 0 aliphatic carbocycles. The highest BCUT2D eigenvalue weighted by atomic mass is 16.2. The Labute approximate surface area is 114 Å². The number of carbonyl (C=O) groups is 2. The number of nitrogens with one attached hydrogen (secondary N) is 1. The van der Waals surface area contributed by atoms with Gasteiger partial charge in [0, 0.05) is 19.0 Å². The highest BCUT2D eigenvalue weighted by Gasteiger charge is 2.32. The minimum Gasteiger partial charge on any atom is -0.369 e. The molecule has 2 amide bonds. The van der Waals surface area contributed by atoms with Gasteiger partial charge in [0.1, 0.15) is 0 Å². The molecular weight excluding hydrogens is 242 g/mol. The summed E-state index contributed by atoms with van der Waals surface area (Å²) in [6, 6.07) is -0.0242. The molecule has 108 valence electrons. The number of hydrogen-bond donors (Lipinski definition) is 2. The summed E-state index contributed by atoms with van der Waals surface area (Å²) in [5.41, 5.74) is 5.31. The van der Waals surface area contributed by atoms with Crippen molar-refractivity contribution in [3.8, 4) is 0 Å². The first kappa shape index (κ1) is 14.3. The first-order valence-corrected chi connectivity index (χ1v) is 7.43. The molecule has 0 bridgehead atoms. The van der Waals surface area contributed by atoms with Crippen LogP contribution in [0.1, 0.15) is 39.0 Å². The van der Waals surface area contributed by atoms with Crippen LogP contribution in [0.2, 0.25) is 0 Å². The van der Waals surface area contributed by atoms with E-state index in [1.165, 1.54) is 6.42 Å². The van der Waals surface area contributed by atoms with Crippen LogP contribution in [-0.4, -0.2) is 42.4 Å². The molecule has 0 saturated carbocycles. The summed E-state index contributed by atoms with van der Waals surface area (Å²) < 4.78 is 0. The Morgan fingerprint density at radius 2 is 1.95 bits per heavy atom. The van der Waals surface area contributed by atoms with E-state index in [9.17, 15) is 9.59 Å². The van der Waals surface area contributed by atoms with Crippen LogP contribution < -0.4 is 11.1 Å². The molecule has 2 atom stereocenters. The van der Waals surface area contributed by atoms with Gasteiger partial charge in [-0.05, 0) is 38.1 Å². The Balaban J connectivity index is 1.85. The van der Waals surface area contributed by atoms with Gasteiger partial charge in [-0.25, -0.2) is 0 Å². The van der Waals surface area contributed by atoms with Gasteiger partial charge >= 0.3 is 0 Å². The van der Waals surface area contributed by atoms with Gasteiger partial charge in [0.2, 0.25) is 11.8 Å². The molecule has 2 fully saturated rings. The number of nitrogens with zero attached hydrogens (tertiary/aromatic N) is 1. The standard InChI is InChI=1S/C14H25N3O2/c1-2-10-3-6-16-12(9-10)14(19)17-7-4-11(5-8-17)13(15)18/h10-12,16H,2-9H2,1H3,(H2,15,18). The van der Waals surface area contributed by atoms with Crippen LogP contribution in [0.15, 0.2) is 0 Å². The third-order valence-electron chi connectivity index (χ3n) is 4.60. The Morgan fingerprint density at radius 3 is 2.53 bits per heavy atom. The maximum atomic E-state index is 12.4. The number of hydrogen-bond acceptors (Lipinski definition) is 3. The summed E-state index contributed by atoms with van der Waals surface area (Å²) in [5.74, 6) is 0.597. The van der Waals surface area contributed by atoms with Gasteiger partial charge in [0.15, 0.2) is 0 Å². The second kappa shape index (κ2) is 6.37. The van der Waals surface area contributed by atoms with E-state index in [-0.39, 0.29) is 23.8 Å². The highest BCUT2D eigenvalue weighted by Crippen LogP contribution is 2.23. The van der Waals surface area contributed by atoms with E-state index in [0.29, 0.717) is 31.8 Å². The first-order valence-electron chi connectivity index (χ1n) is 7.43. The Hall–Kier alpha value is -1.10. The van der Waals surface area contributed by atoms with E-state index >= 15 is 0 Å². The third-order valence-corrected chi connectivity index (χ3v) is 4.60. The van der Waals surface area contributed by atoms with Crippen LogP contribution in [0.4, 0.5) is 0 Å². The summed E-state index contributed by atoms with van der Waals surface area (Å²) in [7, 11) is 0. The van der Waals surface area contributed by atoms with Crippen molar-refractivity contribution in [3.63, 3.8) is 0 Å². The largest absolute Gasteiger partial charge is 0.369 e. The van der Waals surface area contributed by atoms with Crippen molar-refractivity contribution < 1.29 is 9.59 Å². The minimum atomic E-state index is -0.228. The summed E-state index contributed by atoms with van der Waals surface area (Å²) in [5, 5.41) is 3.33. The molecule has 2 aliphatic rings. The maximum Gasteiger partial charge on any atom is 0.239 e. The Morgan fingerprint density at radius 1 is 1.26 bits per heavy atom. The van der Waals surface area contributed by atoms with Crippen LogP contribution in [0, 0.1) is 11.8 Å². The van der Waals surface area contributed by atoms with Crippen molar-refractivity contribution in [1.29, 1.82) is 0 Å². The van der Waals surface area contributed by atoms with Crippen molar-refractivity contribution in [3.05, 3.63) is 0 Å². The van der Waals surface area contributed by atoms with Gasteiger partial charge in [-0.2, -0.15) is 0 Å². The SMILES string of the molecule is CCC1CCNC(C(=O)N2CCC(C(N)=O)CC2)C1. The van der Waals surface area contributed by atoms with Crippen LogP contribution in [0.3, 0.4) is 0 Å². The lowest BCUT2D eigenvalue weighted by atomic mass is 9.89. The van der Waals surface area contributed by atoms with Crippen molar-refractivity contribution >= 4 is 11.8 Å².